The van der Waals surface area contributed by atoms with Crippen LogP contribution in [0.4, 0.5) is 0 Å². The van der Waals surface area contributed by atoms with Crippen LogP contribution in [0.15, 0.2) is 30.6 Å². The monoisotopic (exact) mass is 341 g/mol. The van der Waals surface area contributed by atoms with Crippen LogP contribution in [0.3, 0.4) is 0 Å². The molecule has 1 aromatic carbocycles. The third-order valence-corrected chi connectivity index (χ3v) is 4.33. The van der Waals surface area contributed by atoms with E-state index in [4.69, 9.17) is 23.2 Å². The van der Waals surface area contributed by atoms with Crippen molar-refractivity contribution in [3.8, 4) is 0 Å². The molecule has 1 aromatic heterocycles. The Labute approximate surface area is 141 Å². The molecular weight excluding hydrogens is 321 g/mol. The fourth-order valence-electron chi connectivity index (χ4n) is 2.38. The molecule has 0 aliphatic rings. The molecule has 2 N–H and O–H groups in total. The molecular formula is C16H21Cl2N3O. The summed E-state index contributed by atoms with van der Waals surface area (Å²) < 4.78 is 1.68. The average molecular weight is 342 g/mol. The molecule has 0 aliphatic carbocycles. The first-order chi connectivity index (χ1) is 10.3. The lowest BCUT2D eigenvalue weighted by molar-refractivity contribution is 0.0535. The van der Waals surface area contributed by atoms with E-state index in [0.717, 1.165) is 17.5 Å². The minimum absolute atomic E-state index is 0.0490. The maximum Gasteiger partial charge on any atom is 0.102 e. The lowest BCUT2D eigenvalue weighted by Gasteiger charge is -2.27. The van der Waals surface area contributed by atoms with Crippen molar-refractivity contribution in [3.05, 3.63) is 51.8 Å². The van der Waals surface area contributed by atoms with Crippen LogP contribution in [0.25, 0.3) is 0 Å². The van der Waals surface area contributed by atoms with Gasteiger partial charge in [0.05, 0.1) is 6.20 Å². The van der Waals surface area contributed by atoms with Crippen LogP contribution in [-0.2, 0) is 12.6 Å². The molecule has 0 spiro atoms. The molecule has 0 saturated heterocycles. The van der Waals surface area contributed by atoms with Crippen LogP contribution in [0.1, 0.15) is 37.4 Å². The van der Waals surface area contributed by atoms with E-state index < -0.39 is 5.60 Å². The molecule has 0 aliphatic heterocycles. The summed E-state index contributed by atoms with van der Waals surface area (Å²) in [4.78, 5) is 0. The Balaban J connectivity index is 2.10. The zero-order valence-corrected chi connectivity index (χ0v) is 14.5. The van der Waals surface area contributed by atoms with Gasteiger partial charge in [-0.1, -0.05) is 36.2 Å². The molecule has 4 nitrogen and oxygen atoms in total. The van der Waals surface area contributed by atoms with E-state index >= 15 is 0 Å². The SMILES string of the molecule is CCC(NCC(C)(O)c1cnn(C)c1)c1ccc(Cl)cc1Cl. The Bertz CT molecular complexity index is 640. The van der Waals surface area contributed by atoms with Crippen LogP contribution in [0.5, 0.6) is 0 Å². The van der Waals surface area contributed by atoms with Gasteiger partial charge in [-0.2, -0.15) is 5.10 Å². The number of halogens is 2. The van der Waals surface area contributed by atoms with Crippen LogP contribution >= 0.6 is 23.2 Å². The van der Waals surface area contributed by atoms with Crippen molar-refractivity contribution in [1.29, 1.82) is 0 Å². The Kier molecular flexibility index (Phi) is 5.50. The molecule has 0 saturated carbocycles. The quantitative estimate of drug-likeness (QED) is 0.842. The Morgan fingerprint density at radius 2 is 2.14 bits per heavy atom. The minimum atomic E-state index is -0.999. The summed E-state index contributed by atoms with van der Waals surface area (Å²) in [5.41, 5.74) is 0.760. The maximum absolute atomic E-state index is 10.6. The van der Waals surface area contributed by atoms with Gasteiger partial charge >= 0.3 is 0 Å². The number of aliphatic hydroxyl groups is 1. The van der Waals surface area contributed by atoms with Gasteiger partial charge in [-0.05, 0) is 31.0 Å². The number of benzene rings is 1. The van der Waals surface area contributed by atoms with Crippen LogP contribution in [-0.4, -0.2) is 21.4 Å². The molecule has 0 amide bonds. The van der Waals surface area contributed by atoms with E-state index in [1.807, 2.05) is 25.4 Å². The predicted molar refractivity (Wildman–Crippen MR) is 90.3 cm³/mol. The second-order valence-electron chi connectivity index (χ2n) is 5.68. The first-order valence-corrected chi connectivity index (χ1v) is 7.99. The normalized spacial score (nSPS) is 15.5. The number of hydrogen-bond acceptors (Lipinski definition) is 3. The van der Waals surface area contributed by atoms with E-state index in [9.17, 15) is 5.11 Å². The Hall–Kier alpha value is -1.07. The molecule has 0 fully saturated rings. The first-order valence-electron chi connectivity index (χ1n) is 7.23. The van der Waals surface area contributed by atoms with Gasteiger partial charge in [0.2, 0.25) is 0 Å². The molecule has 2 unspecified atom stereocenters. The first kappa shape index (κ1) is 17.3. The number of hydrogen-bond donors (Lipinski definition) is 2. The molecule has 22 heavy (non-hydrogen) atoms. The standard InChI is InChI=1S/C16H21Cl2N3O/c1-4-15(13-6-5-12(17)7-14(13)18)19-10-16(2,22)11-8-20-21(3)9-11/h5-9,15,19,22H,4,10H2,1-3H3. The molecule has 6 heteroatoms. The second kappa shape index (κ2) is 7.01. The van der Waals surface area contributed by atoms with E-state index in [-0.39, 0.29) is 6.04 Å². The number of aryl methyl sites for hydroxylation is 1. The lowest BCUT2D eigenvalue weighted by Crippen LogP contribution is -2.37. The molecule has 2 rings (SSSR count). The zero-order valence-electron chi connectivity index (χ0n) is 13.0. The Morgan fingerprint density at radius 3 is 2.68 bits per heavy atom. The summed E-state index contributed by atoms with van der Waals surface area (Å²) in [6.07, 6.45) is 4.35. The summed E-state index contributed by atoms with van der Waals surface area (Å²) in [6.45, 7) is 4.24. The van der Waals surface area contributed by atoms with E-state index in [2.05, 4.69) is 17.3 Å². The second-order valence-corrected chi connectivity index (χ2v) is 6.53. The van der Waals surface area contributed by atoms with Crippen LogP contribution < -0.4 is 5.32 Å². The van der Waals surface area contributed by atoms with Gasteiger partial charge in [-0.15, -0.1) is 0 Å². The molecule has 2 atom stereocenters. The average Bonchev–Trinajstić information content (AvgIpc) is 2.89. The highest BCUT2D eigenvalue weighted by atomic mass is 35.5. The maximum atomic E-state index is 10.6. The van der Waals surface area contributed by atoms with Crippen molar-refractivity contribution in [2.75, 3.05) is 6.54 Å². The number of nitrogens with zero attached hydrogens (tertiary/aromatic N) is 2. The summed E-state index contributed by atoms with van der Waals surface area (Å²) in [7, 11) is 1.83. The largest absolute Gasteiger partial charge is 0.384 e. The molecule has 120 valence electrons. The molecule has 0 bridgehead atoms. The third-order valence-electron chi connectivity index (χ3n) is 3.77. The van der Waals surface area contributed by atoms with Gasteiger partial charge in [-0.25, -0.2) is 0 Å². The van der Waals surface area contributed by atoms with E-state index in [1.54, 1.807) is 23.9 Å². The van der Waals surface area contributed by atoms with Crippen molar-refractivity contribution < 1.29 is 5.11 Å². The highest BCUT2D eigenvalue weighted by Gasteiger charge is 2.26. The topological polar surface area (TPSA) is 50.1 Å². The van der Waals surface area contributed by atoms with Gasteiger partial charge in [0.1, 0.15) is 5.60 Å². The third kappa shape index (κ3) is 4.02. The van der Waals surface area contributed by atoms with Crippen molar-refractivity contribution >= 4 is 23.2 Å². The number of rotatable bonds is 6. The fraction of sp³-hybridized carbons (Fsp3) is 0.438. The van der Waals surface area contributed by atoms with Crippen molar-refractivity contribution in [2.24, 2.45) is 7.05 Å². The summed E-state index contributed by atoms with van der Waals surface area (Å²) in [5.74, 6) is 0. The summed E-state index contributed by atoms with van der Waals surface area (Å²) in [6, 6.07) is 5.53. The van der Waals surface area contributed by atoms with Crippen molar-refractivity contribution in [1.82, 2.24) is 15.1 Å². The van der Waals surface area contributed by atoms with Gasteiger partial charge in [0, 0.05) is 41.4 Å². The van der Waals surface area contributed by atoms with E-state index in [0.29, 0.717) is 16.6 Å². The zero-order chi connectivity index (χ0) is 16.3. The molecule has 2 aromatic rings. The number of aromatic nitrogens is 2. The van der Waals surface area contributed by atoms with Crippen molar-refractivity contribution in [3.63, 3.8) is 0 Å². The molecule has 1 heterocycles. The Morgan fingerprint density at radius 1 is 1.41 bits per heavy atom. The highest BCUT2D eigenvalue weighted by molar-refractivity contribution is 6.35. The van der Waals surface area contributed by atoms with Gasteiger partial charge in [0.15, 0.2) is 0 Å². The van der Waals surface area contributed by atoms with Gasteiger partial charge in [-0.3, -0.25) is 4.68 Å². The van der Waals surface area contributed by atoms with Gasteiger partial charge in [0.25, 0.3) is 0 Å². The van der Waals surface area contributed by atoms with Crippen molar-refractivity contribution in [2.45, 2.75) is 31.9 Å². The van der Waals surface area contributed by atoms with Gasteiger partial charge < -0.3 is 10.4 Å². The van der Waals surface area contributed by atoms with Crippen LogP contribution in [0, 0.1) is 0 Å². The summed E-state index contributed by atoms with van der Waals surface area (Å²) in [5, 5.41) is 19.4. The lowest BCUT2D eigenvalue weighted by atomic mass is 9.97. The number of nitrogens with one attached hydrogen (secondary N) is 1. The smallest absolute Gasteiger partial charge is 0.102 e. The van der Waals surface area contributed by atoms with E-state index in [1.165, 1.54) is 0 Å². The highest BCUT2D eigenvalue weighted by Crippen LogP contribution is 2.29. The minimum Gasteiger partial charge on any atom is -0.384 e. The summed E-state index contributed by atoms with van der Waals surface area (Å²) >= 11 is 12.2. The molecule has 0 radical (unpaired) electrons. The fourth-order valence-corrected chi connectivity index (χ4v) is 2.92. The predicted octanol–water partition coefficient (Wildman–Crippen LogP) is 3.68. The van der Waals surface area contributed by atoms with Crippen LogP contribution in [0.2, 0.25) is 10.0 Å².